The molecule has 0 aliphatic carbocycles. The van der Waals surface area contributed by atoms with Gasteiger partial charge in [-0.05, 0) is 38.3 Å². The molecule has 0 radical (unpaired) electrons. The topological polar surface area (TPSA) is 90.0 Å². The van der Waals surface area contributed by atoms with Crippen molar-refractivity contribution < 1.29 is 18.0 Å². The van der Waals surface area contributed by atoms with Crippen molar-refractivity contribution in [2.45, 2.75) is 44.4 Å². The lowest BCUT2D eigenvalue weighted by atomic mass is 9.97. The van der Waals surface area contributed by atoms with Gasteiger partial charge in [-0.3, -0.25) is 14.5 Å². The number of likely N-dealkylation sites (tertiary alicyclic amines) is 1. The van der Waals surface area contributed by atoms with Gasteiger partial charge in [-0.1, -0.05) is 31.0 Å². The second-order valence-corrected chi connectivity index (χ2v) is 10.8. The summed E-state index contributed by atoms with van der Waals surface area (Å²) in [5.74, 6) is -0.0715. The fourth-order valence-electron chi connectivity index (χ4n) is 4.23. The average molecular weight is 465 g/mol. The molecule has 0 spiro atoms. The quantitative estimate of drug-likeness (QED) is 0.588. The fourth-order valence-corrected chi connectivity index (χ4v) is 5.65. The van der Waals surface area contributed by atoms with E-state index in [-0.39, 0.29) is 24.3 Å². The van der Waals surface area contributed by atoms with Gasteiger partial charge in [-0.15, -0.1) is 0 Å². The molecule has 2 aliphatic rings. The molecule has 1 atom stereocenters. The molecule has 1 aromatic carbocycles. The van der Waals surface area contributed by atoms with Crippen LogP contribution in [0.3, 0.4) is 0 Å². The van der Waals surface area contributed by atoms with Gasteiger partial charge >= 0.3 is 0 Å². The number of hydrogen-bond acceptors (Lipinski definition) is 5. The summed E-state index contributed by atoms with van der Waals surface area (Å²) >= 11 is 0. The maximum atomic E-state index is 12.9. The van der Waals surface area contributed by atoms with Crippen molar-refractivity contribution in [3.63, 3.8) is 0 Å². The van der Waals surface area contributed by atoms with E-state index in [9.17, 15) is 18.0 Å². The number of piperazine rings is 1. The molecule has 2 saturated heterocycles. The Hall–Kier alpha value is -1.97. The molecule has 32 heavy (non-hydrogen) atoms. The lowest BCUT2D eigenvalue weighted by Gasteiger charge is -2.36. The van der Waals surface area contributed by atoms with Gasteiger partial charge in [-0.2, -0.15) is 4.31 Å². The molecule has 0 aromatic heterocycles. The predicted octanol–water partition coefficient (Wildman–Crippen LogP) is 1.46. The first-order valence-electron chi connectivity index (χ1n) is 11.7. The molecule has 0 bridgehead atoms. The highest BCUT2D eigenvalue weighted by atomic mass is 32.2. The first-order chi connectivity index (χ1) is 15.3. The molecule has 2 heterocycles. The van der Waals surface area contributed by atoms with Gasteiger partial charge in [0, 0.05) is 45.8 Å². The van der Waals surface area contributed by atoms with Gasteiger partial charge in [0.05, 0.1) is 17.4 Å². The van der Waals surface area contributed by atoms with E-state index in [0.717, 1.165) is 31.2 Å². The highest BCUT2D eigenvalue weighted by Crippen LogP contribution is 2.20. The molecule has 3 rings (SSSR count). The van der Waals surface area contributed by atoms with E-state index in [4.69, 9.17) is 0 Å². The van der Waals surface area contributed by atoms with E-state index < -0.39 is 10.0 Å². The Kier molecular flexibility index (Phi) is 8.67. The Morgan fingerprint density at radius 2 is 1.75 bits per heavy atom. The zero-order valence-electron chi connectivity index (χ0n) is 19.3. The van der Waals surface area contributed by atoms with Crippen molar-refractivity contribution >= 4 is 21.8 Å². The molecule has 0 saturated carbocycles. The van der Waals surface area contributed by atoms with Crippen LogP contribution in [-0.2, 0) is 19.6 Å². The third kappa shape index (κ3) is 6.30. The standard InChI is InChI=1S/C23H36N4O4S/c1-3-4-11-24-23(29)20-6-5-12-26(17-20)22(28)18-25-13-15-27(16-14-25)32(30,31)21-9-7-19(2)8-10-21/h7-10,20H,3-6,11-18H2,1-2H3,(H,24,29). The predicted molar refractivity (Wildman–Crippen MR) is 124 cm³/mol. The number of benzene rings is 1. The number of piperidine rings is 1. The van der Waals surface area contributed by atoms with Crippen LogP contribution in [0.15, 0.2) is 29.2 Å². The number of nitrogens with zero attached hydrogens (tertiary/aromatic N) is 3. The molecular weight excluding hydrogens is 428 g/mol. The van der Waals surface area contributed by atoms with Gasteiger partial charge in [0.1, 0.15) is 0 Å². The zero-order valence-corrected chi connectivity index (χ0v) is 20.1. The summed E-state index contributed by atoms with van der Waals surface area (Å²) in [6.07, 6.45) is 3.65. The minimum atomic E-state index is -3.51. The van der Waals surface area contributed by atoms with Crippen LogP contribution in [0.2, 0.25) is 0 Å². The van der Waals surface area contributed by atoms with Gasteiger partial charge < -0.3 is 10.2 Å². The number of nitrogens with one attached hydrogen (secondary N) is 1. The van der Waals surface area contributed by atoms with E-state index in [1.165, 1.54) is 4.31 Å². The third-order valence-electron chi connectivity index (χ3n) is 6.32. The average Bonchev–Trinajstić information content (AvgIpc) is 2.80. The summed E-state index contributed by atoms with van der Waals surface area (Å²) in [6, 6.07) is 6.90. The molecule has 2 fully saturated rings. The van der Waals surface area contributed by atoms with Gasteiger partial charge in [0.25, 0.3) is 0 Å². The Balaban J connectivity index is 1.47. The fraction of sp³-hybridized carbons (Fsp3) is 0.652. The molecule has 2 aliphatic heterocycles. The van der Waals surface area contributed by atoms with Crippen LogP contribution in [0.25, 0.3) is 0 Å². The Bertz CT molecular complexity index is 880. The molecule has 9 heteroatoms. The Morgan fingerprint density at radius 1 is 1.06 bits per heavy atom. The maximum absolute atomic E-state index is 12.9. The summed E-state index contributed by atoms with van der Waals surface area (Å²) < 4.78 is 27.2. The highest BCUT2D eigenvalue weighted by molar-refractivity contribution is 7.89. The number of sulfonamides is 1. The first kappa shape index (κ1) is 24.7. The van der Waals surface area contributed by atoms with E-state index in [1.807, 2.05) is 11.8 Å². The number of carbonyl (C=O) groups is 2. The number of hydrogen-bond donors (Lipinski definition) is 1. The van der Waals surface area contributed by atoms with Crippen LogP contribution < -0.4 is 5.32 Å². The normalized spacial score (nSPS) is 20.8. The van der Waals surface area contributed by atoms with Crippen LogP contribution in [0.1, 0.15) is 38.2 Å². The lowest BCUT2D eigenvalue weighted by molar-refractivity contribution is -0.136. The third-order valence-corrected chi connectivity index (χ3v) is 8.24. The van der Waals surface area contributed by atoms with Crippen molar-refractivity contribution in [1.82, 2.24) is 19.4 Å². The smallest absolute Gasteiger partial charge is 0.243 e. The number of rotatable bonds is 8. The number of carbonyl (C=O) groups excluding carboxylic acids is 2. The van der Waals surface area contributed by atoms with Crippen LogP contribution in [0, 0.1) is 12.8 Å². The van der Waals surface area contributed by atoms with Crippen LogP contribution in [0.4, 0.5) is 0 Å². The van der Waals surface area contributed by atoms with E-state index in [0.29, 0.717) is 50.7 Å². The highest BCUT2D eigenvalue weighted by Gasteiger charge is 2.32. The molecule has 178 valence electrons. The van der Waals surface area contributed by atoms with Gasteiger partial charge in [0.15, 0.2) is 0 Å². The van der Waals surface area contributed by atoms with Crippen LogP contribution in [0.5, 0.6) is 0 Å². The van der Waals surface area contributed by atoms with Crippen molar-refractivity contribution in [3.8, 4) is 0 Å². The summed E-state index contributed by atoms with van der Waals surface area (Å²) in [5.41, 5.74) is 1.02. The zero-order chi connectivity index (χ0) is 23.1. The maximum Gasteiger partial charge on any atom is 0.243 e. The lowest BCUT2D eigenvalue weighted by Crippen LogP contribution is -2.53. The van der Waals surface area contributed by atoms with Crippen molar-refractivity contribution in [1.29, 1.82) is 0 Å². The second kappa shape index (κ2) is 11.2. The van der Waals surface area contributed by atoms with E-state index in [2.05, 4.69) is 12.2 Å². The van der Waals surface area contributed by atoms with E-state index in [1.54, 1.807) is 29.2 Å². The molecule has 1 aromatic rings. The number of amides is 2. The van der Waals surface area contributed by atoms with Crippen molar-refractivity contribution in [3.05, 3.63) is 29.8 Å². The monoisotopic (exact) mass is 464 g/mol. The minimum absolute atomic E-state index is 0.0194. The van der Waals surface area contributed by atoms with E-state index >= 15 is 0 Å². The Labute approximate surface area is 192 Å². The summed E-state index contributed by atoms with van der Waals surface area (Å²) in [5, 5.41) is 2.98. The molecule has 8 nitrogen and oxygen atoms in total. The number of aryl methyl sites for hydroxylation is 1. The van der Waals surface area contributed by atoms with Gasteiger partial charge in [0.2, 0.25) is 21.8 Å². The van der Waals surface area contributed by atoms with Crippen molar-refractivity contribution in [2.24, 2.45) is 5.92 Å². The summed E-state index contributed by atoms with van der Waals surface area (Å²) in [7, 11) is -3.51. The van der Waals surface area contributed by atoms with Crippen LogP contribution >= 0.6 is 0 Å². The van der Waals surface area contributed by atoms with Crippen molar-refractivity contribution in [2.75, 3.05) is 52.4 Å². The summed E-state index contributed by atoms with van der Waals surface area (Å²) in [6.45, 7) is 7.89. The SMILES string of the molecule is CCCCNC(=O)C1CCCN(C(=O)CN2CCN(S(=O)(=O)c3ccc(C)cc3)CC2)C1. The minimum Gasteiger partial charge on any atom is -0.356 e. The van der Waals surface area contributed by atoms with Gasteiger partial charge in [-0.25, -0.2) is 8.42 Å². The second-order valence-electron chi connectivity index (χ2n) is 8.82. The Morgan fingerprint density at radius 3 is 2.41 bits per heavy atom. The first-order valence-corrected chi connectivity index (χ1v) is 13.1. The van der Waals surface area contributed by atoms with Crippen LogP contribution in [-0.4, -0.2) is 86.7 Å². The molecule has 2 amide bonds. The molecular formula is C23H36N4O4S. The molecule has 1 N–H and O–H groups in total. The number of unbranched alkanes of at least 4 members (excludes halogenated alkanes) is 1. The summed E-state index contributed by atoms with van der Waals surface area (Å²) in [4.78, 5) is 29.3. The molecule has 1 unspecified atom stereocenters. The largest absolute Gasteiger partial charge is 0.356 e.